The Morgan fingerprint density at radius 2 is 2.18 bits per heavy atom. The average molecular weight is 292 g/mol. The highest BCUT2D eigenvalue weighted by atomic mass is 15.3. The first-order valence-electron chi connectivity index (χ1n) is 7.30. The molecule has 0 aromatic carbocycles. The molecule has 0 spiro atoms. The zero-order valence-corrected chi connectivity index (χ0v) is 12.5. The highest BCUT2D eigenvalue weighted by Crippen LogP contribution is 2.22. The second-order valence-electron chi connectivity index (χ2n) is 5.41. The van der Waals surface area contributed by atoms with Crippen LogP contribution < -0.4 is 5.32 Å². The zero-order valence-electron chi connectivity index (χ0n) is 12.5. The van der Waals surface area contributed by atoms with Gasteiger partial charge in [0.15, 0.2) is 11.5 Å². The maximum absolute atomic E-state index is 4.74. The summed E-state index contributed by atoms with van der Waals surface area (Å²) in [6, 6.07) is 5.98. The number of pyridine rings is 2. The molecule has 0 unspecified atom stereocenters. The topological polar surface area (TPSA) is 67.5 Å². The highest BCUT2D eigenvalue weighted by Gasteiger charge is 2.19. The van der Waals surface area contributed by atoms with Crippen LogP contribution >= 0.6 is 0 Å². The van der Waals surface area contributed by atoms with Crippen molar-refractivity contribution in [3.8, 4) is 11.4 Å². The van der Waals surface area contributed by atoms with Gasteiger partial charge in [0.25, 0.3) is 0 Å². The van der Waals surface area contributed by atoms with Gasteiger partial charge in [0, 0.05) is 30.2 Å². The summed E-state index contributed by atoms with van der Waals surface area (Å²) in [4.78, 5) is 13.4. The molecule has 0 saturated carbocycles. The van der Waals surface area contributed by atoms with E-state index in [-0.39, 0.29) is 0 Å². The molecule has 4 rings (SSSR count). The van der Waals surface area contributed by atoms with E-state index in [4.69, 9.17) is 4.98 Å². The Labute approximate surface area is 127 Å². The van der Waals surface area contributed by atoms with Crippen molar-refractivity contribution < 1.29 is 0 Å². The lowest BCUT2D eigenvalue weighted by Gasteiger charge is -2.09. The number of aryl methyl sites for hydroxylation is 2. The minimum Gasteiger partial charge on any atom is -0.368 e. The molecule has 3 aromatic rings. The molecule has 6 heteroatoms. The minimum atomic E-state index is 0.682. The number of nitrogens with zero attached hydrogens (tertiary/aromatic N) is 5. The van der Waals surface area contributed by atoms with Crippen molar-refractivity contribution in [1.82, 2.24) is 24.9 Å². The van der Waals surface area contributed by atoms with Crippen LogP contribution in [0.3, 0.4) is 0 Å². The highest BCUT2D eigenvalue weighted by molar-refractivity contribution is 6.06. The molecule has 0 fully saturated rings. The van der Waals surface area contributed by atoms with Crippen molar-refractivity contribution in [2.45, 2.75) is 13.8 Å². The molecular weight excluding hydrogens is 276 g/mol. The summed E-state index contributed by atoms with van der Waals surface area (Å²) in [5.74, 6) is 1.59. The van der Waals surface area contributed by atoms with E-state index in [1.165, 1.54) is 0 Å². The minimum absolute atomic E-state index is 0.682. The van der Waals surface area contributed by atoms with Gasteiger partial charge in [-0.05, 0) is 37.6 Å². The maximum Gasteiger partial charge on any atom is 0.183 e. The summed E-state index contributed by atoms with van der Waals surface area (Å²) in [7, 11) is 0. The fourth-order valence-corrected chi connectivity index (χ4v) is 2.82. The summed E-state index contributed by atoms with van der Waals surface area (Å²) >= 11 is 0. The van der Waals surface area contributed by atoms with E-state index in [0.29, 0.717) is 5.82 Å². The number of hydrogen-bond donors (Lipinski definition) is 1. The number of hydrogen-bond acceptors (Lipinski definition) is 5. The third kappa shape index (κ3) is 1.95. The second kappa shape index (κ2) is 4.91. The normalized spacial score (nSPS) is 14.2. The maximum atomic E-state index is 4.74. The lowest BCUT2D eigenvalue weighted by molar-refractivity contribution is 0.910. The van der Waals surface area contributed by atoms with Crippen LogP contribution in [0.1, 0.15) is 16.8 Å². The quantitative estimate of drug-likeness (QED) is 0.781. The molecule has 0 atom stereocenters. The van der Waals surface area contributed by atoms with Gasteiger partial charge in [0.1, 0.15) is 5.84 Å². The summed E-state index contributed by atoms with van der Waals surface area (Å²) in [5.41, 5.74) is 4.99. The standard InChI is InChI=1S/C16H16N6/c1-10-8-11(2)22-16(13(10)15-18-6-7-19-15)20-14(21-22)12-4-3-5-17-9-12/h3-5,8-9H,6-7H2,1-2H3,(H,18,19). The molecule has 1 aliphatic rings. The third-order valence-corrected chi connectivity index (χ3v) is 3.82. The van der Waals surface area contributed by atoms with Gasteiger partial charge in [-0.15, -0.1) is 5.10 Å². The summed E-state index contributed by atoms with van der Waals surface area (Å²) in [5, 5.41) is 7.97. The molecule has 3 aromatic heterocycles. The lowest BCUT2D eigenvalue weighted by Crippen LogP contribution is -2.21. The molecule has 0 radical (unpaired) electrons. The predicted molar refractivity (Wildman–Crippen MR) is 85.1 cm³/mol. The van der Waals surface area contributed by atoms with Crippen molar-refractivity contribution in [2.75, 3.05) is 13.1 Å². The summed E-state index contributed by atoms with van der Waals surface area (Å²) in [6.07, 6.45) is 3.53. The first-order valence-corrected chi connectivity index (χ1v) is 7.30. The van der Waals surface area contributed by atoms with Gasteiger partial charge in [-0.2, -0.15) is 0 Å². The molecule has 110 valence electrons. The van der Waals surface area contributed by atoms with Gasteiger partial charge >= 0.3 is 0 Å². The van der Waals surface area contributed by atoms with Crippen LogP contribution in [0.4, 0.5) is 0 Å². The summed E-state index contributed by atoms with van der Waals surface area (Å²) < 4.78 is 1.88. The molecule has 0 saturated heterocycles. The van der Waals surface area contributed by atoms with Crippen LogP contribution in [0.15, 0.2) is 35.6 Å². The number of rotatable bonds is 2. The van der Waals surface area contributed by atoms with Crippen molar-refractivity contribution in [1.29, 1.82) is 0 Å². The van der Waals surface area contributed by atoms with Crippen molar-refractivity contribution in [3.63, 3.8) is 0 Å². The van der Waals surface area contributed by atoms with E-state index in [0.717, 1.165) is 47.0 Å². The Bertz CT molecular complexity index is 879. The fraction of sp³-hybridized carbons (Fsp3) is 0.250. The number of fused-ring (bicyclic) bond motifs is 1. The number of nitrogens with one attached hydrogen (secondary N) is 1. The SMILES string of the molecule is Cc1cc(C)n2nc(-c3cccnc3)nc2c1C1=NCCN1. The Morgan fingerprint density at radius 1 is 1.27 bits per heavy atom. The molecule has 0 bridgehead atoms. The van der Waals surface area contributed by atoms with E-state index < -0.39 is 0 Å². The van der Waals surface area contributed by atoms with E-state index in [1.807, 2.05) is 23.6 Å². The molecule has 1 N–H and O–H groups in total. The summed E-state index contributed by atoms with van der Waals surface area (Å²) in [6.45, 7) is 5.80. The van der Waals surface area contributed by atoms with E-state index in [2.05, 4.69) is 33.4 Å². The van der Waals surface area contributed by atoms with Crippen molar-refractivity contribution in [2.24, 2.45) is 4.99 Å². The molecule has 1 aliphatic heterocycles. The van der Waals surface area contributed by atoms with Gasteiger partial charge in [0.2, 0.25) is 0 Å². The first kappa shape index (κ1) is 12.9. The first-order chi connectivity index (χ1) is 10.7. The number of aromatic nitrogens is 4. The Balaban J connectivity index is 1.98. The predicted octanol–water partition coefficient (Wildman–Crippen LogP) is 1.76. The van der Waals surface area contributed by atoms with Gasteiger partial charge < -0.3 is 5.32 Å². The van der Waals surface area contributed by atoms with E-state index in [9.17, 15) is 0 Å². The lowest BCUT2D eigenvalue weighted by atomic mass is 10.1. The Kier molecular flexibility index (Phi) is 2.89. The van der Waals surface area contributed by atoms with Crippen LogP contribution in [-0.4, -0.2) is 38.5 Å². The number of amidine groups is 1. The molecule has 4 heterocycles. The fourth-order valence-electron chi connectivity index (χ4n) is 2.82. The van der Waals surface area contributed by atoms with Gasteiger partial charge in [-0.3, -0.25) is 9.98 Å². The molecule has 22 heavy (non-hydrogen) atoms. The van der Waals surface area contributed by atoms with Crippen LogP contribution in [0.25, 0.3) is 17.0 Å². The van der Waals surface area contributed by atoms with Gasteiger partial charge in [-0.1, -0.05) is 0 Å². The smallest absolute Gasteiger partial charge is 0.183 e. The van der Waals surface area contributed by atoms with Crippen LogP contribution in [0, 0.1) is 13.8 Å². The van der Waals surface area contributed by atoms with E-state index >= 15 is 0 Å². The molecule has 6 nitrogen and oxygen atoms in total. The Morgan fingerprint density at radius 3 is 2.91 bits per heavy atom. The second-order valence-corrected chi connectivity index (χ2v) is 5.41. The van der Waals surface area contributed by atoms with Gasteiger partial charge in [0.05, 0.1) is 12.1 Å². The number of aliphatic imine (C=N–C) groups is 1. The Hall–Kier alpha value is -2.76. The van der Waals surface area contributed by atoms with Crippen LogP contribution in [0.5, 0.6) is 0 Å². The molecular formula is C16H16N6. The van der Waals surface area contributed by atoms with Crippen molar-refractivity contribution >= 4 is 11.5 Å². The van der Waals surface area contributed by atoms with Crippen LogP contribution in [-0.2, 0) is 0 Å². The molecule has 0 aliphatic carbocycles. The van der Waals surface area contributed by atoms with E-state index in [1.54, 1.807) is 12.4 Å². The third-order valence-electron chi connectivity index (χ3n) is 3.82. The molecule has 0 amide bonds. The zero-order chi connectivity index (χ0) is 15.1. The largest absolute Gasteiger partial charge is 0.368 e. The monoisotopic (exact) mass is 292 g/mol. The average Bonchev–Trinajstić information content (AvgIpc) is 3.18. The van der Waals surface area contributed by atoms with Crippen LogP contribution in [0.2, 0.25) is 0 Å². The van der Waals surface area contributed by atoms with Gasteiger partial charge in [-0.25, -0.2) is 9.50 Å². The van der Waals surface area contributed by atoms with Crippen molar-refractivity contribution in [3.05, 3.63) is 47.4 Å².